The van der Waals surface area contributed by atoms with Crippen LogP contribution in [0.25, 0.3) is 11.0 Å². The number of nitrogens with two attached hydrogens (primary N) is 1. The van der Waals surface area contributed by atoms with E-state index in [4.69, 9.17) is 5.73 Å². The van der Waals surface area contributed by atoms with Gasteiger partial charge in [-0.2, -0.15) is 0 Å². The van der Waals surface area contributed by atoms with Crippen LogP contribution in [0.3, 0.4) is 0 Å². The zero-order valence-electron chi connectivity index (χ0n) is 10.5. The first-order valence-corrected chi connectivity index (χ1v) is 7.60. The second kappa shape index (κ2) is 5.16. The number of sulfonamides is 1. The fourth-order valence-corrected chi connectivity index (χ4v) is 2.37. The molecule has 0 aliphatic heterocycles. The molecule has 0 saturated heterocycles. The minimum atomic E-state index is -3.22. The number of nitrogens with one attached hydrogen (secondary N) is 1. The van der Waals surface area contributed by atoms with Gasteiger partial charge in [0.15, 0.2) is 0 Å². The number of nitrogens with zero attached hydrogens (tertiary/aromatic N) is 2. The molecule has 0 fully saturated rings. The molecule has 0 aliphatic carbocycles. The van der Waals surface area contributed by atoms with Gasteiger partial charge in [-0.05, 0) is 18.2 Å². The molecule has 0 radical (unpaired) electrons. The quantitative estimate of drug-likeness (QED) is 0.651. The van der Waals surface area contributed by atoms with Crippen molar-refractivity contribution < 1.29 is 13.5 Å². The highest BCUT2D eigenvalue weighted by Crippen LogP contribution is 2.19. The van der Waals surface area contributed by atoms with Crippen LogP contribution in [0.4, 0.5) is 5.69 Å². The van der Waals surface area contributed by atoms with Crippen LogP contribution < -0.4 is 10.5 Å². The van der Waals surface area contributed by atoms with E-state index in [0.29, 0.717) is 23.6 Å². The molecular formula is C11H16N4O3S. The summed E-state index contributed by atoms with van der Waals surface area (Å²) in [5.74, 6) is 0.482. The van der Waals surface area contributed by atoms with E-state index in [-0.39, 0.29) is 13.2 Å². The molecule has 7 nitrogen and oxygen atoms in total. The molecule has 0 amide bonds. The summed E-state index contributed by atoms with van der Waals surface area (Å²) >= 11 is 0. The van der Waals surface area contributed by atoms with E-state index in [1.165, 1.54) is 0 Å². The first-order chi connectivity index (χ1) is 8.90. The molecule has 8 heteroatoms. The molecule has 2 aromatic rings. The van der Waals surface area contributed by atoms with E-state index in [0.717, 1.165) is 11.8 Å². The maximum absolute atomic E-state index is 11.0. The first-order valence-electron chi connectivity index (χ1n) is 5.71. The Kier molecular flexibility index (Phi) is 3.74. The molecule has 0 saturated carbocycles. The van der Waals surface area contributed by atoms with Crippen LogP contribution in [0.2, 0.25) is 0 Å². The number of aliphatic hydroxyl groups excluding tert-OH is 1. The third kappa shape index (κ3) is 3.22. The highest BCUT2D eigenvalue weighted by atomic mass is 32.2. The Hall–Kier alpha value is -1.64. The Morgan fingerprint density at radius 2 is 2.21 bits per heavy atom. The van der Waals surface area contributed by atoms with Crippen LogP contribution in [-0.4, -0.2) is 35.9 Å². The number of rotatable bonds is 5. The van der Waals surface area contributed by atoms with Crippen LogP contribution in [0.5, 0.6) is 0 Å². The lowest BCUT2D eigenvalue weighted by Crippen LogP contribution is -2.26. The molecule has 1 aromatic heterocycles. The number of imidazole rings is 1. The van der Waals surface area contributed by atoms with Gasteiger partial charge in [-0.3, -0.25) is 0 Å². The highest BCUT2D eigenvalue weighted by Gasteiger charge is 2.10. The van der Waals surface area contributed by atoms with Crippen molar-refractivity contribution >= 4 is 26.7 Å². The second-order valence-electron chi connectivity index (χ2n) is 4.25. The lowest BCUT2D eigenvalue weighted by molar-refractivity contribution is 0.266. The number of aliphatic hydroxyl groups is 1. The molecule has 19 heavy (non-hydrogen) atoms. The van der Waals surface area contributed by atoms with E-state index < -0.39 is 10.0 Å². The Labute approximate surface area is 111 Å². The number of benzene rings is 1. The molecular weight excluding hydrogens is 268 g/mol. The fraction of sp³-hybridized carbons (Fsp3) is 0.364. The molecule has 0 atom stereocenters. The van der Waals surface area contributed by atoms with Crippen LogP contribution in [0.1, 0.15) is 5.82 Å². The molecule has 0 unspecified atom stereocenters. The summed E-state index contributed by atoms with van der Waals surface area (Å²) < 4.78 is 26.2. The normalized spacial score (nSPS) is 12.1. The SMILES string of the molecule is CS(=O)(=O)NCCn1c(CO)nc2cc(N)ccc21. The van der Waals surface area contributed by atoms with Gasteiger partial charge in [0.25, 0.3) is 0 Å². The Morgan fingerprint density at radius 3 is 2.84 bits per heavy atom. The van der Waals surface area contributed by atoms with Gasteiger partial charge in [-0.25, -0.2) is 18.1 Å². The zero-order chi connectivity index (χ0) is 14.0. The summed E-state index contributed by atoms with van der Waals surface area (Å²) in [5.41, 5.74) is 7.77. The lowest BCUT2D eigenvalue weighted by atomic mass is 10.3. The Balaban J connectivity index is 2.30. The topological polar surface area (TPSA) is 110 Å². The summed E-state index contributed by atoms with van der Waals surface area (Å²) in [6.45, 7) is 0.415. The molecule has 1 heterocycles. The van der Waals surface area contributed by atoms with E-state index in [9.17, 15) is 13.5 Å². The predicted molar refractivity (Wildman–Crippen MR) is 72.9 cm³/mol. The van der Waals surface area contributed by atoms with Crippen molar-refractivity contribution in [2.45, 2.75) is 13.2 Å². The highest BCUT2D eigenvalue weighted by molar-refractivity contribution is 7.88. The van der Waals surface area contributed by atoms with Crippen molar-refractivity contribution in [3.63, 3.8) is 0 Å². The molecule has 0 spiro atoms. The molecule has 104 valence electrons. The van der Waals surface area contributed by atoms with Crippen molar-refractivity contribution in [3.05, 3.63) is 24.0 Å². The zero-order valence-corrected chi connectivity index (χ0v) is 11.3. The number of hydrogen-bond donors (Lipinski definition) is 3. The van der Waals surface area contributed by atoms with E-state index in [1.54, 1.807) is 22.8 Å². The van der Waals surface area contributed by atoms with Crippen LogP contribution in [-0.2, 0) is 23.2 Å². The fourth-order valence-electron chi connectivity index (χ4n) is 1.91. The average molecular weight is 284 g/mol. The molecule has 2 rings (SSSR count). The monoisotopic (exact) mass is 284 g/mol. The third-order valence-electron chi connectivity index (χ3n) is 2.69. The Morgan fingerprint density at radius 1 is 1.47 bits per heavy atom. The van der Waals surface area contributed by atoms with Crippen LogP contribution >= 0.6 is 0 Å². The number of nitrogen functional groups attached to an aromatic ring is 1. The summed E-state index contributed by atoms with van der Waals surface area (Å²) in [7, 11) is -3.22. The van der Waals surface area contributed by atoms with Crippen molar-refractivity contribution in [3.8, 4) is 0 Å². The minimum absolute atomic E-state index is 0.215. The first kappa shape index (κ1) is 13.8. The number of fused-ring (bicyclic) bond motifs is 1. The molecule has 0 aliphatic rings. The molecule has 0 bridgehead atoms. The van der Waals surface area contributed by atoms with Crippen LogP contribution in [0.15, 0.2) is 18.2 Å². The second-order valence-corrected chi connectivity index (χ2v) is 6.09. The maximum atomic E-state index is 11.0. The Bertz CT molecular complexity index is 693. The van der Waals surface area contributed by atoms with E-state index >= 15 is 0 Å². The van der Waals surface area contributed by atoms with Gasteiger partial charge in [0.1, 0.15) is 12.4 Å². The largest absolute Gasteiger partial charge is 0.399 e. The smallest absolute Gasteiger partial charge is 0.208 e. The van der Waals surface area contributed by atoms with Gasteiger partial charge in [0, 0.05) is 18.8 Å². The minimum Gasteiger partial charge on any atom is -0.399 e. The number of aromatic nitrogens is 2. The molecule has 1 aromatic carbocycles. The maximum Gasteiger partial charge on any atom is 0.208 e. The van der Waals surface area contributed by atoms with E-state index in [1.807, 2.05) is 0 Å². The summed E-state index contributed by atoms with van der Waals surface area (Å²) in [5, 5.41) is 9.29. The van der Waals surface area contributed by atoms with Crippen molar-refractivity contribution in [2.75, 3.05) is 18.5 Å². The van der Waals surface area contributed by atoms with E-state index in [2.05, 4.69) is 9.71 Å². The summed E-state index contributed by atoms with van der Waals surface area (Å²) in [6.07, 6.45) is 1.10. The third-order valence-corrected chi connectivity index (χ3v) is 3.42. The van der Waals surface area contributed by atoms with Gasteiger partial charge in [-0.1, -0.05) is 0 Å². The molecule has 4 N–H and O–H groups in total. The number of hydrogen-bond acceptors (Lipinski definition) is 5. The van der Waals surface area contributed by atoms with Gasteiger partial charge >= 0.3 is 0 Å². The standard InChI is InChI=1S/C11H16N4O3S/c1-19(17,18)13-4-5-15-10-3-2-8(12)6-9(10)14-11(15)7-16/h2-3,6,13,16H,4-5,7,12H2,1H3. The predicted octanol–water partition coefficient (Wildman–Crippen LogP) is -0.340. The number of anilines is 1. The summed E-state index contributed by atoms with van der Waals surface area (Å²) in [6, 6.07) is 5.26. The van der Waals surface area contributed by atoms with Gasteiger partial charge < -0.3 is 15.4 Å². The van der Waals surface area contributed by atoms with Crippen LogP contribution in [0, 0.1) is 0 Å². The lowest BCUT2D eigenvalue weighted by Gasteiger charge is -2.08. The van der Waals surface area contributed by atoms with Crippen molar-refractivity contribution in [1.29, 1.82) is 0 Å². The van der Waals surface area contributed by atoms with Gasteiger partial charge in [0.2, 0.25) is 10.0 Å². The van der Waals surface area contributed by atoms with Crippen molar-refractivity contribution in [2.24, 2.45) is 0 Å². The van der Waals surface area contributed by atoms with Crippen molar-refractivity contribution in [1.82, 2.24) is 14.3 Å². The summed E-state index contributed by atoms with van der Waals surface area (Å²) in [4.78, 5) is 4.26. The average Bonchev–Trinajstić information content (AvgIpc) is 2.65. The van der Waals surface area contributed by atoms with Gasteiger partial charge in [-0.15, -0.1) is 0 Å². The van der Waals surface area contributed by atoms with Gasteiger partial charge in [0.05, 0.1) is 17.3 Å².